The summed E-state index contributed by atoms with van der Waals surface area (Å²) in [4.78, 5) is 0. The van der Waals surface area contributed by atoms with Gasteiger partial charge in [0.1, 0.15) is 0 Å². The molecule has 7 aromatic rings. The average Bonchev–Trinajstić information content (AvgIpc) is 3.16. The number of rotatable bonds is 6. The van der Waals surface area contributed by atoms with Gasteiger partial charge in [-0.15, -0.1) is 0 Å². The van der Waals surface area contributed by atoms with Crippen LogP contribution in [0.25, 0.3) is 54.5 Å². The van der Waals surface area contributed by atoms with Gasteiger partial charge in [-0.3, -0.25) is 5.32 Å². The van der Waals surface area contributed by atoms with E-state index in [9.17, 15) is 0 Å². The first-order valence-corrected chi connectivity index (χ1v) is 16.8. The van der Waals surface area contributed by atoms with Crippen LogP contribution in [0, 0.1) is 12.3 Å². The first-order chi connectivity index (χ1) is 24.0. The largest absolute Gasteiger partial charge is 0.398 e. The maximum absolute atomic E-state index is 7.78. The first kappa shape index (κ1) is 30.4. The molecule has 2 unspecified atom stereocenters. The molecule has 0 fully saturated rings. The number of hydrogen-bond acceptors (Lipinski definition) is 4. The van der Waals surface area contributed by atoms with Crippen molar-refractivity contribution in [3.05, 3.63) is 179 Å². The molecule has 4 nitrogen and oxygen atoms in total. The summed E-state index contributed by atoms with van der Waals surface area (Å²) in [7, 11) is 0. The Kier molecular flexibility index (Phi) is 7.79. The van der Waals surface area contributed by atoms with Crippen LogP contribution in [0.4, 0.5) is 0 Å². The number of hydrogen-bond donors (Lipinski definition) is 4. The van der Waals surface area contributed by atoms with Crippen molar-refractivity contribution in [2.75, 3.05) is 0 Å². The second-order valence-electron chi connectivity index (χ2n) is 12.9. The summed E-state index contributed by atoms with van der Waals surface area (Å²) in [6, 6.07) is 45.2. The van der Waals surface area contributed by atoms with E-state index in [1.54, 1.807) is 0 Å². The van der Waals surface area contributed by atoms with Crippen molar-refractivity contribution < 1.29 is 0 Å². The molecule has 0 amide bonds. The maximum atomic E-state index is 7.78. The van der Waals surface area contributed by atoms with E-state index in [4.69, 9.17) is 11.1 Å². The van der Waals surface area contributed by atoms with E-state index >= 15 is 0 Å². The van der Waals surface area contributed by atoms with E-state index in [1.165, 1.54) is 60.4 Å². The summed E-state index contributed by atoms with van der Waals surface area (Å²) in [5.41, 5.74) is 14.8. The van der Waals surface area contributed by atoms with Crippen LogP contribution in [0.5, 0.6) is 0 Å². The third kappa shape index (κ3) is 5.46. The van der Waals surface area contributed by atoms with Gasteiger partial charge < -0.3 is 16.5 Å². The van der Waals surface area contributed by atoms with Crippen LogP contribution >= 0.6 is 0 Å². The third-order valence-corrected chi connectivity index (χ3v) is 10.00. The van der Waals surface area contributed by atoms with Crippen molar-refractivity contribution in [1.82, 2.24) is 10.6 Å². The molecule has 0 spiro atoms. The molecule has 1 aliphatic rings. The molecule has 238 valence electrons. The van der Waals surface area contributed by atoms with Gasteiger partial charge in [0.2, 0.25) is 0 Å². The molecule has 0 bridgehead atoms. The van der Waals surface area contributed by atoms with Crippen LogP contribution < -0.4 is 16.4 Å². The lowest BCUT2D eigenvalue weighted by atomic mass is 9.89. The smallest absolute Gasteiger partial charge is 0.0998 e. The number of nitrogens with one attached hydrogen (secondary N) is 3. The Morgan fingerprint density at radius 1 is 0.673 bits per heavy atom. The minimum Gasteiger partial charge on any atom is -0.398 e. The molecule has 0 aromatic heterocycles. The molecular weight excluding hydrogens is 597 g/mol. The molecule has 5 N–H and O–H groups in total. The normalized spacial score (nSPS) is 17.0. The van der Waals surface area contributed by atoms with Gasteiger partial charge >= 0.3 is 0 Å². The van der Waals surface area contributed by atoms with E-state index in [1.807, 2.05) is 31.2 Å². The van der Waals surface area contributed by atoms with Gasteiger partial charge in [-0.2, -0.15) is 0 Å². The molecule has 7 aromatic carbocycles. The molecule has 1 aliphatic heterocycles. The third-order valence-electron chi connectivity index (χ3n) is 10.00. The zero-order valence-corrected chi connectivity index (χ0v) is 27.7. The van der Waals surface area contributed by atoms with Crippen molar-refractivity contribution in [3.63, 3.8) is 0 Å². The van der Waals surface area contributed by atoms with Crippen LogP contribution in [-0.4, -0.2) is 12.4 Å². The Labute approximate surface area is 286 Å². The molecule has 0 radical (unpaired) electrons. The Bertz CT molecular complexity index is 2520. The molecule has 8 rings (SSSR count). The van der Waals surface area contributed by atoms with E-state index in [0.717, 1.165) is 28.0 Å². The SMILES string of the molecule is C/C(=C\C=C(/N)c1cccc(C=N)c1C)C1NC(c2cc3ccccc3c3ccccc23)=CC(c2cc3ccccc3c3ccccc23)N1. The van der Waals surface area contributed by atoms with Gasteiger partial charge in [-0.05, 0) is 103 Å². The zero-order valence-electron chi connectivity index (χ0n) is 27.7. The molecule has 2 atom stereocenters. The van der Waals surface area contributed by atoms with Crippen molar-refractivity contribution in [3.8, 4) is 0 Å². The monoisotopic (exact) mass is 634 g/mol. The highest BCUT2D eigenvalue weighted by atomic mass is 15.2. The molecule has 0 saturated carbocycles. The zero-order chi connectivity index (χ0) is 33.5. The van der Waals surface area contributed by atoms with Crippen LogP contribution in [0.3, 0.4) is 0 Å². The highest BCUT2D eigenvalue weighted by molar-refractivity contribution is 6.12. The fourth-order valence-corrected chi connectivity index (χ4v) is 7.38. The van der Waals surface area contributed by atoms with Gasteiger partial charge in [-0.1, -0.05) is 121 Å². The summed E-state index contributed by atoms with van der Waals surface area (Å²) >= 11 is 0. The van der Waals surface area contributed by atoms with Gasteiger partial charge in [-0.25, -0.2) is 0 Å². The highest BCUT2D eigenvalue weighted by Gasteiger charge is 2.26. The fourth-order valence-electron chi connectivity index (χ4n) is 7.38. The second kappa shape index (κ2) is 12.6. The highest BCUT2D eigenvalue weighted by Crippen LogP contribution is 2.38. The molecule has 0 aliphatic carbocycles. The Balaban J connectivity index is 1.29. The van der Waals surface area contributed by atoms with Gasteiger partial charge in [0.25, 0.3) is 0 Å². The fraction of sp³-hybridized carbons (Fsp3) is 0.0889. The summed E-state index contributed by atoms with van der Waals surface area (Å²) < 4.78 is 0. The molecular formula is C45H38N4. The number of benzene rings is 7. The second-order valence-corrected chi connectivity index (χ2v) is 12.9. The Morgan fingerprint density at radius 2 is 1.27 bits per heavy atom. The van der Waals surface area contributed by atoms with Crippen molar-refractivity contribution in [2.24, 2.45) is 5.73 Å². The van der Waals surface area contributed by atoms with Gasteiger partial charge in [0.15, 0.2) is 0 Å². The van der Waals surface area contributed by atoms with E-state index in [0.29, 0.717) is 5.70 Å². The minimum absolute atomic E-state index is 0.0721. The summed E-state index contributed by atoms with van der Waals surface area (Å²) in [6.07, 6.45) is 7.65. The number of fused-ring (bicyclic) bond motifs is 6. The van der Waals surface area contributed by atoms with Gasteiger partial charge in [0, 0.05) is 28.7 Å². The lowest BCUT2D eigenvalue weighted by Gasteiger charge is -2.34. The summed E-state index contributed by atoms with van der Waals surface area (Å²) in [5.74, 6) is 0. The number of nitrogens with two attached hydrogens (primary N) is 1. The lowest BCUT2D eigenvalue weighted by molar-refractivity contribution is 0.477. The minimum atomic E-state index is -0.168. The molecule has 4 heteroatoms. The maximum Gasteiger partial charge on any atom is 0.0998 e. The van der Waals surface area contributed by atoms with Gasteiger partial charge in [0.05, 0.1) is 12.2 Å². The van der Waals surface area contributed by atoms with E-state index in [2.05, 4.69) is 139 Å². The molecule has 0 saturated heterocycles. The van der Waals surface area contributed by atoms with Crippen molar-refractivity contribution >= 4 is 60.7 Å². The van der Waals surface area contributed by atoms with Crippen LogP contribution in [0.1, 0.15) is 40.8 Å². The molecule has 49 heavy (non-hydrogen) atoms. The van der Waals surface area contributed by atoms with Crippen LogP contribution in [0.2, 0.25) is 0 Å². The standard InChI is InChI=1S/C45H38N4/c1-28(22-23-42(47)33-21-11-14-32(27-46)29(33)2)45-48-43(40-24-30-12-3-5-15-34(30)36-17-7-9-19-38(36)40)26-44(49-45)41-25-31-13-4-6-16-35(31)37-18-8-10-20-39(37)41/h3-27,43,45-46,48-49H,47H2,1-2H3/b28-22+,42-23-,46-27?. The quantitative estimate of drug-likeness (QED) is 0.0836. The van der Waals surface area contributed by atoms with E-state index in [-0.39, 0.29) is 12.2 Å². The Morgan fingerprint density at radius 3 is 1.96 bits per heavy atom. The number of allylic oxidation sites excluding steroid dienone is 2. The Hall–Kier alpha value is -5.97. The van der Waals surface area contributed by atoms with Crippen LogP contribution in [0.15, 0.2) is 151 Å². The van der Waals surface area contributed by atoms with E-state index < -0.39 is 0 Å². The van der Waals surface area contributed by atoms with Crippen LogP contribution in [-0.2, 0) is 0 Å². The molecule has 1 heterocycles. The van der Waals surface area contributed by atoms with Crippen molar-refractivity contribution in [2.45, 2.75) is 26.1 Å². The lowest BCUT2D eigenvalue weighted by Crippen LogP contribution is -2.47. The predicted octanol–water partition coefficient (Wildman–Crippen LogP) is 10.2. The predicted molar refractivity (Wildman–Crippen MR) is 209 cm³/mol. The summed E-state index contributed by atoms with van der Waals surface area (Å²) in [5, 5.41) is 25.5. The topological polar surface area (TPSA) is 73.9 Å². The summed E-state index contributed by atoms with van der Waals surface area (Å²) in [6.45, 7) is 4.16. The van der Waals surface area contributed by atoms with Crippen molar-refractivity contribution in [1.29, 1.82) is 5.41 Å². The average molecular weight is 635 g/mol. The first-order valence-electron chi connectivity index (χ1n) is 16.8.